The monoisotopic (exact) mass is 386 g/mol. The topological polar surface area (TPSA) is 51.2 Å². The Morgan fingerprint density at radius 3 is 2.58 bits per heavy atom. The molecule has 0 radical (unpaired) electrons. The second kappa shape index (κ2) is 8.47. The van der Waals surface area contributed by atoms with Gasteiger partial charge in [0.05, 0.1) is 25.3 Å². The highest BCUT2D eigenvalue weighted by Gasteiger charge is 2.19. The van der Waals surface area contributed by atoms with Gasteiger partial charge in [0.1, 0.15) is 10.8 Å². The smallest absolute Gasteiger partial charge is 0.226 e. The highest BCUT2D eigenvalue weighted by Crippen LogP contribution is 2.27. The van der Waals surface area contributed by atoms with Crippen molar-refractivity contribution in [2.24, 2.45) is 5.92 Å². The van der Waals surface area contributed by atoms with Gasteiger partial charge in [-0.2, -0.15) is 11.3 Å². The van der Waals surface area contributed by atoms with Crippen LogP contribution >= 0.6 is 22.7 Å². The van der Waals surface area contributed by atoms with Crippen molar-refractivity contribution in [3.8, 4) is 16.3 Å². The van der Waals surface area contributed by atoms with Crippen LogP contribution in [-0.2, 0) is 11.2 Å². The number of methoxy groups -OCH3 is 1. The zero-order valence-electron chi connectivity index (χ0n) is 15.1. The number of carbonyl (C=O) groups is 1. The number of hydrogen-bond donors (Lipinski definition) is 1. The summed E-state index contributed by atoms with van der Waals surface area (Å²) >= 11 is 3.22. The van der Waals surface area contributed by atoms with Crippen LogP contribution in [0.3, 0.4) is 0 Å². The third kappa shape index (κ3) is 4.51. The normalized spacial score (nSPS) is 12.2. The van der Waals surface area contributed by atoms with Crippen LogP contribution in [0.1, 0.15) is 31.1 Å². The zero-order chi connectivity index (χ0) is 18.5. The van der Waals surface area contributed by atoms with Crippen LogP contribution in [0.25, 0.3) is 10.6 Å². The van der Waals surface area contributed by atoms with E-state index in [1.165, 1.54) is 0 Å². The summed E-state index contributed by atoms with van der Waals surface area (Å²) in [4.78, 5) is 17.1. The van der Waals surface area contributed by atoms with E-state index in [4.69, 9.17) is 4.74 Å². The number of amides is 1. The molecule has 0 aliphatic carbocycles. The molecule has 1 unspecified atom stereocenters. The zero-order valence-corrected chi connectivity index (χ0v) is 16.7. The Labute approximate surface area is 161 Å². The molecule has 136 valence electrons. The largest absolute Gasteiger partial charge is 0.497 e. The summed E-state index contributed by atoms with van der Waals surface area (Å²) < 4.78 is 5.21. The number of carbonyl (C=O) groups excluding carboxylic acids is 1. The molecule has 3 aromatic rings. The molecule has 0 bridgehead atoms. The summed E-state index contributed by atoms with van der Waals surface area (Å²) in [6.07, 6.45) is 0.292. The summed E-state index contributed by atoms with van der Waals surface area (Å²) in [5.41, 5.74) is 3.00. The number of rotatable bonds is 7. The summed E-state index contributed by atoms with van der Waals surface area (Å²) in [6.45, 7) is 4.21. The van der Waals surface area contributed by atoms with Crippen molar-refractivity contribution < 1.29 is 9.53 Å². The number of nitrogens with one attached hydrogen (secondary N) is 1. The van der Waals surface area contributed by atoms with Gasteiger partial charge < -0.3 is 10.1 Å². The highest BCUT2D eigenvalue weighted by atomic mass is 32.1. The van der Waals surface area contributed by atoms with Crippen LogP contribution in [0, 0.1) is 5.92 Å². The quantitative estimate of drug-likeness (QED) is 0.626. The minimum absolute atomic E-state index is 0.0123. The van der Waals surface area contributed by atoms with Crippen LogP contribution in [0.2, 0.25) is 0 Å². The van der Waals surface area contributed by atoms with Gasteiger partial charge in [-0.15, -0.1) is 11.3 Å². The van der Waals surface area contributed by atoms with E-state index in [0.29, 0.717) is 6.42 Å². The molecule has 6 heteroatoms. The molecule has 0 aliphatic heterocycles. The van der Waals surface area contributed by atoms with Gasteiger partial charge in [-0.1, -0.05) is 26.0 Å². The number of ether oxygens (including phenoxy) is 1. The van der Waals surface area contributed by atoms with Crippen molar-refractivity contribution in [3.63, 3.8) is 0 Å². The van der Waals surface area contributed by atoms with Gasteiger partial charge in [-0.25, -0.2) is 4.98 Å². The van der Waals surface area contributed by atoms with E-state index in [1.807, 2.05) is 41.1 Å². The Kier molecular flexibility index (Phi) is 6.06. The Bertz CT molecular complexity index is 839. The first-order valence-corrected chi connectivity index (χ1v) is 10.3. The van der Waals surface area contributed by atoms with Gasteiger partial charge in [0, 0.05) is 16.3 Å². The standard InChI is InChI=1S/C20H22N2O2S2/c1-13(2)19(14-4-6-17(24-3)7-5-14)22-18(23)10-16-12-26-20(21-16)15-8-9-25-11-15/h4-9,11-13,19H,10H2,1-3H3,(H,22,23). The average molecular weight is 387 g/mol. The lowest BCUT2D eigenvalue weighted by molar-refractivity contribution is -0.121. The summed E-state index contributed by atoms with van der Waals surface area (Å²) in [5.74, 6) is 1.08. The second-order valence-corrected chi connectivity index (χ2v) is 8.03. The molecule has 4 nitrogen and oxygen atoms in total. The third-order valence-corrected chi connectivity index (χ3v) is 5.74. The number of thiophene rings is 1. The first kappa shape index (κ1) is 18.6. The van der Waals surface area contributed by atoms with E-state index in [9.17, 15) is 4.79 Å². The lowest BCUT2D eigenvalue weighted by Crippen LogP contribution is -2.32. The predicted molar refractivity (Wildman–Crippen MR) is 108 cm³/mol. The van der Waals surface area contributed by atoms with Crippen LogP contribution in [0.4, 0.5) is 0 Å². The number of hydrogen-bond acceptors (Lipinski definition) is 5. The Balaban J connectivity index is 1.66. The lowest BCUT2D eigenvalue weighted by Gasteiger charge is -2.23. The molecule has 1 aromatic carbocycles. The van der Waals surface area contributed by atoms with Gasteiger partial charge in [0.2, 0.25) is 5.91 Å². The predicted octanol–water partition coefficient (Wildman–Crippen LogP) is 4.94. The molecule has 1 N–H and O–H groups in total. The molecular weight excluding hydrogens is 364 g/mol. The van der Waals surface area contributed by atoms with E-state index < -0.39 is 0 Å². The van der Waals surface area contributed by atoms with E-state index in [0.717, 1.165) is 27.6 Å². The Hall–Kier alpha value is -2.18. The molecule has 2 heterocycles. The van der Waals surface area contributed by atoms with Crippen LogP contribution < -0.4 is 10.1 Å². The third-order valence-electron chi connectivity index (χ3n) is 4.12. The molecule has 1 atom stereocenters. The van der Waals surface area contributed by atoms with Gasteiger partial charge in [-0.3, -0.25) is 4.79 Å². The molecule has 1 amide bonds. The maximum atomic E-state index is 12.6. The SMILES string of the molecule is COc1ccc(C(NC(=O)Cc2csc(-c3ccsc3)n2)C(C)C)cc1. The molecule has 3 rings (SSSR count). The van der Waals surface area contributed by atoms with Crippen molar-refractivity contribution in [2.75, 3.05) is 7.11 Å². The Morgan fingerprint density at radius 2 is 1.96 bits per heavy atom. The number of aromatic nitrogens is 1. The molecule has 0 fully saturated rings. The van der Waals surface area contributed by atoms with Crippen molar-refractivity contribution in [1.82, 2.24) is 10.3 Å². The molecule has 0 spiro atoms. The minimum Gasteiger partial charge on any atom is -0.497 e. The van der Waals surface area contributed by atoms with Crippen molar-refractivity contribution >= 4 is 28.6 Å². The Morgan fingerprint density at radius 1 is 1.19 bits per heavy atom. The van der Waals surface area contributed by atoms with Crippen LogP contribution in [0.5, 0.6) is 5.75 Å². The van der Waals surface area contributed by atoms with Gasteiger partial charge in [0.15, 0.2) is 0 Å². The van der Waals surface area contributed by atoms with Crippen LogP contribution in [0.15, 0.2) is 46.5 Å². The number of nitrogens with zero attached hydrogens (tertiary/aromatic N) is 1. The first-order chi connectivity index (χ1) is 12.6. The summed E-state index contributed by atoms with van der Waals surface area (Å²) in [5, 5.41) is 10.2. The molecular formula is C20H22N2O2S2. The minimum atomic E-state index is -0.0385. The van der Waals surface area contributed by atoms with E-state index in [-0.39, 0.29) is 17.9 Å². The van der Waals surface area contributed by atoms with E-state index >= 15 is 0 Å². The van der Waals surface area contributed by atoms with Gasteiger partial charge >= 0.3 is 0 Å². The van der Waals surface area contributed by atoms with Crippen LogP contribution in [-0.4, -0.2) is 18.0 Å². The molecule has 2 aromatic heterocycles. The van der Waals surface area contributed by atoms with E-state index in [1.54, 1.807) is 29.8 Å². The fourth-order valence-corrected chi connectivity index (χ4v) is 4.27. The van der Waals surface area contributed by atoms with Crippen molar-refractivity contribution in [3.05, 3.63) is 57.7 Å². The maximum Gasteiger partial charge on any atom is 0.226 e. The summed E-state index contributed by atoms with van der Waals surface area (Å²) in [7, 11) is 1.65. The number of thiazole rings is 1. The van der Waals surface area contributed by atoms with Gasteiger partial charge in [0.25, 0.3) is 0 Å². The van der Waals surface area contributed by atoms with Gasteiger partial charge in [-0.05, 0) is 35.1 Å². The first-order valence-electron chi connectivity index (χ1n) is 8.47. The molecule has 0 aliphatic rings. The molecule has 26 heavy (non-hydrogen) atoms. The summed E-state index contributed by atoms with van der Waals surface area (Å²) in [6, 6.07) is 9.85. The highest BCUT2D eigenvalue weighted by molar-refractivity contribution is 7.14. The molecule has 0 saturated heterocycles. The van der Waals surface area contributed by atoms with E-state index in [2.05, 4.69) is 29.5 Å². The molecule has 0 saturated carbocycles. The lowest BCUT2D eigenvalue weighted by atomic mass is 9.95. The fourth-order valence-electron chi connectivity index (χ4n) is 2.74. The fraction of sp³-hybridized carbons (Fsp3) is 0.300. The maximum absolute atomic E-state index is 12.6. The second-order valence-electron chi connectivity index (χ2n) is 6.40. The van der Waals surface area contributed by atoms with Crippen molar-refractivity contribution in [2.45, 2.75) is 26.3 Å². The average Bonchev–Trinajstić information content (AvgIpc) is 3.31. The number of benzene rings is 1. The van der Waals surface area contributed by atoms with Crippen molar-refractivity contribution in [1.29, 1.82) is 0 Å².